The molecule has 4 nitrogen and oxygen atoms in total. The van der Waals surface area contributed by atoms with Gasteiger partial charge in [-0.25, -0.2) is 4.52 Å². The van der Waals surface area contributed by atoms with Crippen LogP contribution in [0.1, 0.15) is 19.3 Å². The Kier molecular flexibility index (Phi) is 4.14. The van der Waals surface area contributed by atoms with Gasteiger partial charge in [0.2, 0.25) is 5.95 Å². The van der Waals surface area contributed by atoms with E-state index < -0.39 is 12.6 Å². The van der Waals surface area contributed by atoms with Gasteiger partial charge in [-0.2, -0.15) is 18.2 Å². The lowest BCUT2D eigenvalue weighted by Gasteiger charge is -2.05. The lowest BCUT2D eigenvalue weighted by molar-refractivity contribution is -0.135. The van der Waals surface area contributed by atoms with Crippen molar-refractivity contribution in [2.75, 3.05) is 11.9 Å². The van der Waals surface area contributed by atoms with Gasteiger partial charge < -0.3 is 5.32 Å². The fourth-order valence-electron chi connectivity index (χ4n) is 1.58. The first kappa shape index (κ1) is 13.9. The lowest BCUT2D eigenvalue weighted by atomic mass is 10.2. The molecule has 0 aliphatic heterocycles. The average molecular weight is 293 g/mol. The third-order valence-electron chi connectivity index (χ3n) is 2.47. The molecule has 8 heteroatoms. The lowest BCUT2D eigenvalue weighted by Crippen LogP contribution is -2.09. The maximum Gasteiger partial charge on any atom is 0.389 e. The molecule has 0 amide bonds. The minimum Gasteiger partial charge on any atom is -0.353 e. The summed E-state index contributed by atoms with van der Waals surface area (Å²) in [6, 6.07) is 3.41. The summed E-state index contributed by atoms with van der Waals surface area (Å²) >= 11 is 5.80. The van der Waals surface area contributed by atoms with Gasteiger partial charge in [-0.1, -0.05) is 11.6 Å². The highest BCUT2D eigenvalue weighted by molar-refractivity contribution is 6.30. The highest BCUT2D eigenvalue weighted by atomic mass is 35.5. The zero-order valence-electron chi connectivity index (χ0n) is 9.91. The molecule has 0 saturated heterocycles. The van der Waals surface area contributed by atoms with E-state index in [9.17, 15) is 13.2 Å². The van der Waals surface area contributed by atoms with Crippen molar-refractivity contribution in [2.45, 2.75) is 25.4 Å². The van der Waals surface area contributed by atoms with E-state index in [1.807, 2.05) is 0 Å². The van der Waals surface area contributed by atoms with Gasteiger partial charge in [0.25, 0.3) is 0 Å². The summed E-state index contributed by atoms with van der Waals surface area (Å²) in [5.74, 6) is 0.384. The van der Waals surface area contributed by atoms with E-state index in [1.54, 1.807) is 18.3 Å². The Labute approximate surface area is 112 Å². The highest BCUT2D eigenvalue weighted by Gasteiger charge is 2.25. The fraction of sp³-hybridized carbons (Fsp3) is 0.455. The van der Waals surface area contributed by atoms with Crippen LogP contribution in [-0.2, 0) is 0 Å². The maximum absolute atomic E-state index is 11.9. The van der Waals surface area contributed by atoms with E-state index >= 15 is 0 Å². The van der Waals surface area contributed by atoms with Gasteiger partial charge in [0.15, 0.2) is 5.65 Å². The van der Waals surface area contributed by atoms with Gasteiger partial charge in [0.05, 0.1) is 5.02 Å². The fourth-order valence-corrected chi connectivity index (χ4v) is 1.74. The zero-order valence-corrected chi connectivity index (χ0v) is 10.7. The molecule has 0 aromatic carbocycles. The van der Waals surface area contributed by atoms with E-state index in [4.69, 9.17) is 11.6 Å². The van der Waals surface area contributed by atoms with E-state index in [0.29, 0.717) is 29.6 Å². The van der Waals surface area contributed by atoms with Crippen molar-refractivity contribution in [1.29, 1.82) is 0 Å². The predicted octanol–water partition coefficient (Wildman–Crippen LogP) is 3.53. The van der Waals surface area contributed by atoms with Crippen LogP contribution in [0.3, 0.4) is 0 Å². The first-order valence-electron chi connectivity index (χ1n) is 5.77. The number of fused-ring (bicyclic) bond motifs is 1. The van der Waals surface area contributed by atoms with Crippen LogP contribution in [0, 0.1) is 0 Å². The van der Waals surface area contributed by atoms with Crippen molar-refractivity contribution in [3.05, 3.63) is 23.4 Å². The Hall–Kier alpha value is -1.50. The SMILES string of the molecule is FC(F)(F)CCCCNc1nc2ccc(Cl)cn2n1. The van der Waals surface area contributed by atoms with Gasteiger partial charge in [-0.3, -0.25) is 0 Å². The second-order valence-electron chi connectivity index (χ2n) is 4.08. The van der Waals surface area contributed by atoms with E-state index in [0.717, 1.165) is 0 Å². The molecule has 0 saturated carbocycles. The van der Waals surface area contributed by atoms with Crippen molar-refractivity contribution in [2.24, 2.45) is 0 Å². The molecule has 0 fully saturated rings. The number of hydrogen-bond donors (Lipinski definition) is 1. The largest absolute Gasteiger partial charge is 0.389 e. The zero-order chi connectivity index (χ0) is 13.9. The van der Waals surface area contributed by atoms with Crippen LogP contribution < -0.4 is 5.32 Å². The summed E-state index contributed by atoms with van der Waals surface area (Å²) in [4.78, 5) is 4.16. The van der Waals surface area contributed by atoms with Crippen LogP contribution in [0.2, 0.25) is 5.02 Å². The van der Waals surface area contributed by atoms with Crippen molar-refractivity contribution in [1.82, 2.24) is 14.6 Å². The topological polar surface area (TPSA) is 42.2 Å². The Morgan fingerprint density at radius 1 is 1.26 bits per heavy atom. The van der Waals surface area contributed by atoms with Crippen LogP contribution in [0.15, 0.2) is 18.3 Å². The minimum atomic E-state index is -4.09. The summed E-state index contributed by atoms with van der Waals surface area (Å²) in [6.45, 7) is 0.403. The van der Waals surface area contributed by atoms with Crippen LogP contribution in [0.5, 0.6) is 0 Å². The van der Waals surface area contributed by atoms with Gasteiger partial charge in [-0.05, 0) is 25.0 Å². The van der Waals surface area contributed by atoms with Crippen LogP contribution in [0.4, 0.5) is 19.1 Å². The molecule has 0 bridgehead atoms. The van der Waals surface area contributed by atoms with Crippen molar-refractivity contribution >= 4 is 23.2 Å². The molecule has 0 aliphatic carbocycles. The molecule has 2 aromatic rings. The number of halogens is 4. The first-order chi connectivity index (χ1) is 8.94. The van der Waals surface area contributed by atoms with E-state index in [-0.39, 0.29) is 6.42 Å². The Morgan fingerprint density at radius 2 is 2.05 bits per heavy atom. The Balaban J connectivity index is 1.82. The second-order valence-corrected chi connectivity index (χ2v) is 4.52. The number of anilines is 1. The van der Waals surface area contributed by atoms with E-state index in [1.165, 1.54) is 4.52 Å². The van der Waals surface area contributed by atoms with Crippen molar-refractivity contribution in [3.8, 4) is 0 Å². The Morgan fingerprint density at radius 3 is 2.79 bits per heavy atom. The molecule has 2 heterocycles. The van der Waals surface area contributed by atoms with Crippen LogP contribution in [0.25, 0.3) is 5.65 Å². The van der Waals surface area contributed by atoms with Gasteiger partial charge in [-0.15, -0.1) is 5.10 Å². The number of unbranched alkanes of at least 4 members (excludes halogenated alkanes) is 1. The number of pyridine rings is 1. The molecular formula is C11H12ClF3N4. The third-order valence-corrected chi connectivity index (χ3v) is 2.69. The number of rotatable bonds is 5. The second kappa shape index (κ2) is 5.64. The standard InChI is InChI=1S/C11H12ClF3N4/c12-8-3-4-9-17-10(18-19(9)7-8)16-6-2-1-5-11(13,14)15/h3-4,7H,1-2,5-6H2,(H,16,18). The molecule has 104 valence electrons. The van der Waals surface area contributed by atoms with Crippen LogP contribution >= 0.6 is 11.6 Å². The first-order valence-corrected chi connectivity index (χ1v) is 6.14. The molecule has 2 rings (SSSR count). The molecule has 0 unspecified atom stereocenters. The summed E-state index contributed by atoms with van der Waals surface area (Å²) in [5.41, 5.74) is 0.627. The molecule has 19 heavy (non-hydrogen) atoms. The Bertz CT molecular complexity index is 552. The minimum absolute atomic E-state index is 0.0930. The number of hydrogen-bond acceptors (Lipinski definition) is 3. The predicted molar refractivity (Wildman–Crippen MR) is 66.4 cm³/mol. The molecule has 2 aromatic heterocycles. The van der Waals surface area contributed by atoms with Gasteiger partial charge >= 0.3 is 6.18 Å². The summed E-state index contributed by atoms with van der Waals surface area (Å²) in [7, 11) is 0. The van der Waals surface area contributed by atoms with Gasteiger partial charge in [0, 0.05) is 19.2 Å². The third kappa shape index (κ3) is 4.27. The molecule has 0 aliphatic rings. The molecule has 1 N–H and O–H groups in total. The normalized spacial score (nSPS) is 12.0. The number of aromatic nitrogens is 3. The van der Waals surface area contributed by atoms with Gasteiger partial charge in [0.1, 0.15) is 0 Å². The summed E-state index contributed by atoms with van der Waals surface area (Å²) in [6.07, 6.45) is -2.73. The summed E-state index contributed by atoms with van der Waals surface area (Å²) in [5, 5.41) is 7.53. The number of nitrogens with one attached hydrogen (secondary N) is 1. The maximum atomic E-state index is 11.9. The average Bonchev–Trinajstić information content (AvgIpc) is 2.68. The smallest absolute Gasteiger partial charge is 0.353 e. The molecule has 0 atom stereocenters. The molecule has 0 radical (unpaired) electrons. The quantitative estimate of drug-likeness (QED) is 0.857. The molecular weight excluding hydrogens is 281 g/mol. The number of alkyl halides is 3. The number of nitrogens with zero attached hydrogens (tertiary/aromatic N) is 3. The summed E-state index contributed by atoms with van der Waals surface area (Å²) < 4.78 is 37.3. The van der Waals surface area contributed by atoms with Crippen molar-refractivity contribution < 1.29 is 13.2 Å². The van der Waals surface area contributed by atoms with Crippen molar-refractivity contribution in [3.63, 3.8) is 0 Å². The van der Waals surface area contributed by atoms with E-state index in [2.05, 4.69) is 15.4 Å². The van der Waals surface area contributed by atoms with Crippen LogP contribution in [-0.4, -0.2) is 27.3 Å². The molecule has 0 spiro atoms. The monoisotopic (exact) mass is 292 g/mol. The highest BCUT2D eigenvalue weighted by Crippen LogP contribution is 2.22.